The molecule has 0 spiro atoms. The molecule has 0 atom stereocenters. The smallest absolute Gasteiger partial charge is 0.294 e. The zero-order valence-corrected chi connectivity index (χ0v) is 10.1. The van der Waals surface area contributed by atoms with E-state index in [1.165, 1.54) is 0 Å². The van der Waals surface area contributed by atoms with Crippen LogP contribution in [0.3, 0.4) is 0 Å². The van der Waals surface area contributed by atoms with Gasteiger partial charge in [0, 0.05) is 17.1 Å². The van der Waals surface area contributed by atoms with Gasteiger partial charge in [0.2, 0.25) is 0 Å². The summed E-state index contributed by atoms with van der Waals surface area (Å²) in [5.74, 6) is 0.776. The lowest BCUT2D eigenvalue weighted by molar-refractivity contribution is 0.589. The predicted molar refractivity (Wildman–Crippen MR) is 63.9 cm³/mol. The van der Waals surface area contributed by atoms with Crippen LogP contribution in [-0.2, 0) is 0 Å². The van der Waals surface area contributed by atoms with Crippen molar-refractivity contribution in [3.8, 4) is 11.3 Å². The van der Waals surface area contributed by atoms with Crippen molar-refractivity contribution in [1.29, 1.82) is 0 Å². The molecule has 78 valence electrons. The SMILES string of the molecule is CNc1ncc(-c2cc(Br)ccc2C)o1. The molecule has 0 aliphatic carbocycles. The zero-order valence-electron chi connectivity index (χ0n) is 8.54. The number of hydrogen-bond acceptors (Lipinski definition) is 3. The summed E-state index contributed by atoms with van der Waals surface area (Å²) < 4.78 is 6.54. The largest absolute Gasteiger partial charge is 0.424 e. The van der Waals surface area contributed by atoms with E-state index in [0.29, 0.717) is 6.01 Å². The van der Waals surface area contributed by atoms with E-state index in [4.69, 9.17) is 4.42 Å². The van der Waals surface area contributed by atoms with E-state index >= 15 is 0 Å². The Bertz CT molecular complexity index is 479. The molecule has 0 amide bonds. The number of oxazole rings is 1. The third-order valence-corrected chi connectivity index (χ3v) is 2.68. The Morgan fingerprint density at radius 2 is 2.20 bits per heavy atom. The highest BCUT2D eigenvalue weighted by molar-refractivity contribution is 9.10. The first-order chi connectivity index (χ1) is 7.20. The summed E-state index contributed by atoms with van der Waals surface area (Å²) in [5, 5.41) is 2.86. The monoisotopic (exact) mass is 266 g/mol. The topological polar surface area (TPSA) is 38.1 Å². The second kappa shape index (κ2) is 4.06. The predicted octanol–water partition coefficient (Wildman–Crippen LogP) is 3.45. The summed E-state index contributed by atoms with van der Waals surface area (Å²) in [5.41, 5.74) is 2.22. The molecule has 1 N–H and O–H groups in total. The summed E-state index contributed by atoms with van der Waals surface area (Å²) in [4.78, 5) is 4.09. The summed E-state index contributed by atoms with van der Waals surface area (Å²) in [6.45, 7) is 2.04. The van der Waals surface area contributed by atoms with Gasteiger partial charge in [0.05, 0.1) is 6.20 Å². The van der Waals surface area contributed by atoms with E-state index < -0.39 is 0 Å². The lowest BCUT2D eigenvalue weighted by atomic mass is 10.1. The number of rotatable bonds is 2. The Kier molecular flexibility index (Phi) is 2.77. The van der Waals surface area contributed by atoms with Crippen LogP contribution in [0.4, 0.5) is 6.01 Å². The van der Waals surface area contributed by atoms with Crippen LogP contribution in [0.1, 0.15) is 5.56 Å². The van der Waals surface area contributed by atoms with Gasteiger partial charge in [-0.3, -0.25) is 0 Å². The van der Waals surface area contributed by atoms with Gasteiger partial charge in [-0.2, -0.15) is 0 Å². The molecule has 0 radical (unpaired) electrons. The van der Waals surface area contributed by atoms with Gasteiger partial charge in [-0.15, -0.1) is 0 Å². The zero-order chi connectivity index (χ0) is 10.8. The van der Waals surface area contributed by atoms with Crippen molar-refractivity contribution < 1.29 is 4.42 Å². The first-order valence-corrected chi connectivity index (χ1v) is 5.40. The molecule has 0 unspecified atom stereocenters. The summed E-state index contributed by atoms with van der Waals surface area (Å²) in [6.07, 6.45) is 1.72. The second-order valence-electron chi connectivity index (χ2n) is 3.24. The van der Waals surface area contributed by atoms with Crippen molar-refractivity contribution in [3.05, 3.63) is 34.4 Å². The van der Waals surface area contributed by atoms with Gasteiger partial charge in [0.15, 0.2) is 5.76 Å². The Hall–Kier alpha value is -1.29. The van der Waals surface area contributed by atoms with Crippen LogP contribution in [-0.4, -0.2) is 12.0 Å². The highest BCUT2D eigenvalue weighted by atomic mass is 79.9. The lowest BCUT2D eigenvalue weighted by Crippen LogP contribution is -1.85. The van der Waals surface area contributed by atoms with Crippen molar-refractivity contribution in [1.82, 2.24) is 4.98 Å². The quantitative estimate of drug-likeness (QED) is 0.905. The minimum Gasteiger partial charge on any atom is -0.424 e. The molecular weight excluding hydrogens is 256 g/mol. The van der Waals surface area contributed by atoms with E-state index in [1.54, 1.807) is 13.2 Å². The molecule has 0 aliphatic rings. The van der Waals surface area contributed by atoms with E-state index in [9.17, 15) is 0 Å². The Balaban J connectivity index is 2.48. The maximum atomic E-state index is 5.51. The molecule has 15 heavy (non-hydrogen) atoms. The maximum Gasteiger partial charge on any atom is 0.294 e. The molecule has 0 aliphatic heterocycles. The van der Waals surface area contributed by atoms with Gasteiger partial charge in [-0.25, -0.2) is 4.98 Å². The molecule has 0 saturated carbocycles. The van der Waals surface area contributed by atoms with E-state index in [0.717, 1.165) is 21.4 Å². The number of nitrogens with zero attached hydrogens (tertiary/aromatic N) is 1. The fraction of sp³-hybridized carbons (Fsp3) is 0.182. The molecule has 2 aromatic rings. The molecule has 0 fully saturated rings. The molecule has 2 rings (SSSR count). The van der Waals surface area contributed by atoms with Gasteiger partial charge < -0.3 is 9.73 Å². The van der Waals surface area contributed by atoms with Gasteiger partial charge in [-0.1, -0.05) is 22.0 Å². The molecule has 0 bridgehead atoms. The molecule has 4 heteroatoms. The number of aryl methyl sites for hydroxylation is 1. The van der Waals surface area contributed by atoms with Crippen molar-refractivity contribution in [3.63, 3.8) is 0 Å². The van der Waals surface area contributed by atoms with Crippen LogP contribution in [0, 0.1) is 6.92 Å². The number of nitrogens with one attached hydrogen (secondary N) is 1. The van der Waals surface area contributed by atoms with Gasteiger partial charge >= 0.3 is 0 Å². The molecule has 1 aromatic heterocycles. The van der Waals surface area contributed by atoms with Gasteiger partial charge in [0.25, 0.3) is 6.01 Å². The molecule has 0 saturated heterocycles. The molecular formula is C11H11BrN2O. The lowest BCUT2D eigenvalue weighted by Gasteiger charge is -2.02. The highest BCUT2D eigenvalue weighted by Gasteiger charge is 2.08. The van der Waals surface area contributed by atoms with Gasteiger partial charge in [-0.05, 0) is 24.6 Å². The first kappa shape index (κ1) is 10.2. The van der Waals surface area contributed by atoms with Crippen molar-refractivity contribution in [2.75, 3.05) is 12.4 Å². The normalized spacial score (nSPS) is 10.3. The number of aromatic nitrogens is 1. The summed E-state index contributed by atoms with van der Waals surface area (Å²) in [7, 11) is 1.78. The minimum atomic E-state index is 0.532. The van der Waals surface area contributed by atoms with Gasteiger partial charge in [0.1, 0.15) is 0 Å². The second-order valence-corrected chi connectivity index (χ2v) is 4.15. The van der Waals surface area contributed by atoms with Crippen LogP contribution in [0.25, 0.3) is 11.3 Å². The van der Waals surface area contributed by atoms with Crippen molar-refractivity contribution in [2.24, 2.45) is 0 Å². The third kappa shape index (κ3) is 2.04. The summed E-state index contributed by atoms with van der Waals surface area (Å²) in [6, 6.07) is 6.61. The van der Waals surface area contributed by atoms with E-state index in [2.05, 4.69) is 26.2 Å². The molecule has 1 aromatic carbocycles. The van der Waals surface area contributed by atoms with Crippen LogP contribution in [0.15, 0.2) is 33.3 Å². The summed E-state index contributed by atoms with van der Waals surface area (Å²) >= 11 is 3.44. The molecule has 3 nitrogen and oxygen atoms in total. The van der Waals surface area contributed by atoms with E-state index in [-0.39, 0.29) is 0 Å². The van der Waals surface area contributed by atoms with Crippen molar-refractivity contribution >= 4 is 21.9 Å². The van der Waals surface area contributed by atoms with E-state index in [1.807, 2.05) is 25.1 Å². The maximum absolute atomic E-state index is 5.51. The third-order valence-electron chi connectivity index (χ3n) is 2.18. The van der Waals surface area contributed by atoms with Crippen molar-refractivity contribution in [2.45, 2.75) is 6.92 Å². The average molecular weight is 267 g/mol. The first-order valence-electron chi connectivity index (χ1n) is 4.61. The van der Waals surface area contributed by atoms with Crippen LogP contribution in [0.5, 0.6) is 0 Å². The Morgan fingerprint density at radius 1 is 1.40 bits per heavy atom. The number of benzene rings is 1. The Morgan fingerprint density at radius 3 is 2.87 bits per heavy atom. The number of anilines is 1. The van der Waals surface area contributed by atoms with Crippen LogP contribution < -0.4 is 5.32 Å². The van der Waals surface area contributed by atoms with Crippen LogP contribution in [0.2, 0.25) is 0 Å². The fourth-order valence-corrected chi connectivity index (χ4v) is 1.73. The Labute approximate surface area is 96.6 Å². The standard InChI is InChI=1S/C11H11BrN2O/c1-7-3-4-8(12)5-9(7)10-6-14-11(13-2)15-10/h3-6H,1-2H3,(H,13,14). The van der Waals surface area contributed by atoms with Crippen LogP contribution >= 0.6 is 15.9 Å². The highest BCUT2D eigenvalue weighted by Crippen LogP contribution is 2.28. The number of hydrogen-bond donors (Lipinski definition) is 1. The number of halogens is 1. The average Bonchev–Trinajstić information content (AvgIpc) is 2.70. The molecule has 1 heterocycles. The fourth-order valence-electron chi connectivity index (χ4n) is 1.37. The minimum absolute atomic E-state index is 0.532.